The van der Waals surface area contributed by atoms with Gasteiger partial charge in [-0.15, -0.1) is 0 Å². The van der Waals surface area contributed by atoms with Crippen LogP contribution in [-0.2, 0) is 17.8 Å². The van der Waals surface area contributed by atoms with Crippen LogP contribution < -0.4 is 9.47 Å². The molecule has 0 bridgehead atoms. The summed E-state index contributed by atoms with van der Waals surface area (Å²) in [7, 11) is 3.05. The summed E-state index contributed by atoms with van der Waals surface area (Å²) in [5.41, 5.74) is 1.07. The molecule has 1 aromatic heterocycles. The molecule has 0 fully saturated rings. The van der Waals surface area contributed by atoms with E-state index in [1.807, 2.05) is 6.92 Å². The molecule has 1 N–H and O–H groups in total. The van der Waals surface area contributed by atoms with Gasteiger partial charge in [0.25, 0.3) is 5.91 Å². The fourth-order valence-corrected chi connectivity index (χ4v) is 2.52. The number of carboxylic acid groups (broad SMARTS) is 1. The van der Waals surface area contributed by atoms with Gasteiger partial charge >= 0.3 is 5.97 Å². The van der Waals surface area contributed by atoms with Crippen LogP contribution in [-0.4, -0.2) is 42.6 Å². The molecule has 7 heteroatoms. The topological polar surface area (TPSA) is 89.2 Å². The number of aliphatic carboxylic acids is 1. The summed E-state index contributed by atoms with van der Waals surface area (Å²) in [5.74, 6) is 0.174. The van der Waals surface area contributed by atoms with E-state index in [1.54, 1.807) is 24.3 Å². The number of carboxylic acids is 1. The number of aryl methyl sites for hydroxylation is 1. The van der Waals surface area contributed by atoms with Gasteiger partial charge < -0.3 is 23.9 Å². The number of nitrogens with zero attached hydrogens (tertiary/aromatic N) is 1. The number of ether oxygens (including phenoxy) is 2. The summed E-state index contributed by atoms with van der Waals surface area (Å²) in [6, 6.07) is 6.74. The number of carbonyl (C=O) groups excluding carboxylic acids is 1. The molecule has 25 heavy (non-hydrogen) atoms. The van der Waals surface area contributed by atoms with E-state index in [-0.39, 0.29) is 6.54 Å². The Bertz CT molecular complexity index is 730. The van der Waals surface area contributed by atoms with Gasteiger partial charge in [-0.2, -0.15) is 0 Å². The second kappa shape index (κ2) is 8.23. The van der Waals surface area contributed by atoms with Crippen molar-refractivity contribution < 1.29 is 28.6 Å². The second-order valence-electron chi connectivity index (χ2n) is 5.39. The molecule has 0 saturated carbocycles. The molecule has 0 aliphatic heterocycles. The molecule has 0 unspecified atom stereocenters. The molecular weight excluding hydrogens is 326 g/mol. The van der Waals surface area contributed by atoms with E-state index in [0.29, 0.717) is 34.8 Å². The zero-order valence-electron chi connectivity index (χ0n) is 14.4. The van der Waals surface area contributed by atoms with Crippen LogP contribution >= 0.6 is 0 Å². The average molecular weight is 347 g/mol. The van der Waals surface area contributed by atoms with Crippen molar-refractivity contribution in [3.63, 3.8) is 0 Å². The lowest BCUT2D eigenvalue weighted by atomic mass is 10.1. The van der Waals surface area contributed by atoms with E-state index in [2.05, 4.69) is 0 Å². The molecule has 2 aromatic rings. The third-order valence-electron chi connectivity index (χ3n) is 3.69. The van der Waals surface area contributed by atoms with Crippen LogP contribution in [0.1, 0.15) is 28.6 Å². The zero-order chi connectivity index (χ0) is 18.4. The first-order valence-electron chi connectivity index (χ1n) is 7.77. The first-order valence-corrected chi connectivity index (χ1v) is 7.77. The largest absolute Gasteiger partial charge is 0.497 e. The van der Waals surface area contributed by atoms with Crippen molar-refractivity contribution in [2.75, 3.05) is 20.8 Å². The molecule has 134 valence electrons. The number of benzene rings is 1. The normalized spacial score (nSPS) is 10.4. The number of rotatable bonds is 8. The molecule has 2 rings (SSSR count). The molecule has 0 spiro atoms. The molecule has 0 aliphatic rings. The summed E-state index contributed by atoms with van der Waals surface area (Å²) in [5, 5.41) is 9.17. The number of furan rings is 1. The van der Waals surface area contributed by atoms with Gasteiger partial charge in [0.2, 0.25) is 0 Å². The molecule has 1 aromatic carbocycles. The van der Waals surface area contributed by atoms with Crippen LogP contribution in [0.15, 0.2) is 34.9 Å². The molecule has 0 radical (unpaired) electrons. The van der Waals surface area contributed by atoms with Gasteiger partial charge in [-0.25, -0.2) is 0 Å². The van der Waals surface area contributed by atoms with Crippen LogP contribution in [0.5, 0.6) is 11.5 Å². The standard InChI is InChI=1S/C18H21NO6/c1-4-16-15(5-6-25-16)18(22)19(11-17(20)21)10-12-7-13(23-2)9-14(8-12)24-3/h5-9H,4,10-11H2,1-3H3,(H,20,21). The number of carbonyl (C=O) groups is 2. The Kier molecular flexibility index (Phi) is 6.05. The van der Waals surface area contributed by atoms with E-state index in [0.717, 1.165) is 0 Å². The van der Waals surface area contributed by atoms with Crippen molar-refractivity contribution in [2.24, 2.45) is 0 Å². The number of hydrogen-bond acceptors (Lipinski definition) is 5. The van der Waals surface area contributed by atoms with Crippen molar-refractivity contribution in [2.45, 2.75) is 19.9 Å². The predicted molar refractivity (Wildman–Crippen MR) is 90.0 cm³/mol. The molecule has 0 aliphatic carbocycles. The summed E-state index contributed by atoms with van der Waals surface area (Å²) < 4.78 is 15.7. The third-order valence-corrected chi connectivity index (χ3v) is 3.69. The Morgan fingerprint density at radius 3 is 2.32 bits per heavy atom. The van der Waals surface area contributed by atoms with Crippen LogP contribution in [0.3, 0.4) is 0 Å². The molecular formula is C18H21NO6. The van der Waals surface area contributed by atoms with E-state index in [1.165, 1.54) is 25.4 Å². The van der Waals surface area contributed by atoms with Crippen molar-refractivity contribution in [3.8, 4) is 11.5 Å². The minimum Gasteiger partial charge on any atom is -0.497 e. The van der Waals surface area contributed by atoms with Crippen molar-refractivity contribution >= 4 is 11.9 Å². The van der Waals surface area contributed by atoms with Gasteiger partial charge in [0.15, 0.2) is 0 Å². The van der Waals surface area contributed by atoms with Crippen LogP contribution in [0.4, 0.5) is 0 Å². The smallest absolute Gasteiger partial charge is 0.323 e. The average Bonchev–Trinajstić information content (AvgIpc) is 3.08. The van der Waals surface area contributed by atoms with Crippen molar-refractivity contribution in [3.05, 3.63) is 47.4 Å². The lowest BCUT2D eigenvalue weighted by Gasteiger charge is -2.21. The van der Waals surface area contributed by atoms with Gasteiger partial charge in [0.1, 0.15) is 23.8 Å². The quantitative estimate of drug-likeness (QED) is 0.789. The highest BCUT2D eigenvalue weighted by atomic mass is 16.5. The molecule has 1 amide bonds. The van der Waals surface area contributed by atoms with Gasteiger partial charge in [0, 0.05) is 19.0 Å². The lowest BCUT2D eigenvalue weighted by molar-refractivity contribution is -0.137. The fourth-order valence-electron chi connectivity index (χ4n) is 2.52. The minimum atomic E-state index is -1.09. The predicted octanol–water partition coefficient (Wildman–Crippen LogP) is 2.59. The van der Waals surface area contributed by atoms with Gasteiger partial charge in [0.05, 0.1) is 26.0 Å². The SMILES string of the molecule is CCc1occc1C(=O)N(CC(=O)O)Cc1cc(OC)cc(OC)c1. The van der Waals surface area contributed by atoms with E-state index >= 15 is 0 Å². The summed E-state index contributed by atoms with van der Waals surface area (Å²) in [6.45, 7) is 1.55. The molecule has 7 nitrogen and oxygen atoms in total. The fraction of sp³-hybridized carbons (Fsp3) is 0.333. The number of amides is 1. The van der Waals surface area contributed by atoms with Gasteiger partial charge in [-0.1, -0.05) is 6.92 Å². The molecule has 0 saturated heterocycles. The highest BCUT2D eigenvalue weighted by Crippen LogP contribution is 2.24. The minimum absolute atomic E-state index is 0.104. The summed E-state index contributed by atoms with van der Waals surface area (Å²) >= 11 is 0. The Hall–Kier alpha value is -2.96. The number of hydrogen-bond donors (Lipinski definition) is 1. The molecule has 0 atom stereocenters. The summed E-state index contributed by atoms with van der Waals surface area (Å²) in [6.07, 6.45) is 1.97. The summed E-state index contributed by atoms with van der Waals surface area (Å²) in [4.78, 5) is 25.2. The Morgan fingerprint density at radius 1 is 1.16 bits per heavy atom. The first-order chi connectivity index (χ1) is 12.0. The van der Waals surface area contributed by atoms with Crippen LogP contribution in [0.25, 0.3) is 0 Å². The van der Waals surface area contributed by atoms with E-state index in [4.69, 9.17) is 19.0 Å². The zero-order valence-corrected chi connectivity index (χ0v) is 14.4. The molecule has 1 heterocycles. The monoisotopic (exact) mass is 347 g/mol. The van der Waals surface area contributed by atoms with Gasteiger partial charge in [-0.05, 0) is 23.8 Å². The van der Waals surface area contributed by atoms with Crippen LogP contribution in [0, 0.1) is 0 Å². The van der Waals surface area contributed by atoms with E-state index in [9.17, 15) is 9.59 Å². The Balaban J connectivity index is 2.32. The maximum absolute atomic E-state index is 12.8. The first kappa shape index (κ1) is 18.4. The number of methoxy groups -OCH3 is 2. The second-order valence-corrected chi connectivity index (χ2v) is 5.39. The Morgan fingerprint density at radius 2 is 1.80 bits per heavy atom. The van der Waals surface area contributed by atoms with Crippen molar-refractivity contribution in [1.29, 1.82) is 0 Å². The van der Waals surface area contributed by atoms with E-state index < -0.39 is 18.4 Å². The maximum Gasteiger partial charge on any atom is 0.323 e. The maximum atomic E-state index is 12.8. The highest BCUT2D eigenvalue weighted by Gasteiger charge is 2.23. The highest BCUT2D eigenvalue weighted by molar-refractivity contribution is 5.96. The van der Waals surface area contributed by atoms with Gasteiger partial charge in [-0.3, -0.25) is 9.59 Å². The van der Waals surface area contributed by atoms with Crippen molar-refractivity contribution in [1.82, 2.24) is 4.90 Å². The Labute approximate surface area is 145 Å². The lowest BCUT2D eigenvalue weighted by Crippen LogP contribution is -2.35. The van der Waals surface area contributed by atoms with Crippen LogP contribution in [0.2, 0.25) is 0 Å². The third kappa shape index (κ3) is 4.53.